The van der Waals surface area contributed by atoms with E-state index in [2.05, 4.69) is 21.3 Å². The van der Waals surface area contributed by atoms with Crippen LogP contribution in [0.15, 0.2) is 60.7 Å². The highest BCUT2D eigenvalue weighted by Gasteiger charge is 2.45. The van der Waals surface area contributed by atoms with Crippen LogP contribution in [-0.2, 0) is 46.5 Å². The van der Waals surface area contributed by atoms with Gasteiger partial charge in [-0.1, -0.05) is 80.9 Å². The summed E-state index contributed by atoms with van der Waals surface area (Å²) in [5.74, 6) is -6.26. The molecule has 1 heterocycles. The van der Waals surface area contributed by atoms with Crippen molar-refractivity contribution in [3.8, 4) is 0 Å². The summed E-state index contributed by atoms with van der Waals surface area (Å²) in [4.78, 5) is 96.3. The second-order valence-corrected chi connectivity index (χ2v) is 14.1. The van der Waals surface area contributed by atoms with E-state index in [0.717, 1.165) is 6.42 Å². The molecule has 0 aromatic heterocycles. The fourth-order valence-electron chi connectivity index (χ4n) is 5.73. The van der Waals surface area contributed by atoms with Gasteiger partial charge >= 0.3 is 6.09 Å². The topological polar surface area (TPSA) is 206 Å². The zero-order valence-electron chi connectivity index (χ0n) is 30.6. The van der Waals surface area contributed by atoms with Crippen LogP contribution in [0.2, 0.25) is 0 Å². The van der Waals surface area contributed by atoms with E-state index in [1.807, 2.05) is 0 Å². The van der Waals surface area contributed by atoms with Gasteiger partial charge in [-0.25, -0.2) is 4.79 Å². The second-order valence-electron chi connectivity index (χ2n) is 14.1. The van der Waals surface area contributed by atoms with Crippen molar-refractivity contribution in [2.45, 2.75) is 109 Å². The predicted molar refractivity (Wildman–Crippen MR) is 193 cm³/mol. The van der Waals surface area contributed by atoms with Crippen LogP contribution in [0.25, 0.3) is 0 Å². The van der Waals surface area contributed by atoms with E-state index in [1.54, 1.807) is 95.3 Å². The van der Waals surface area contributed by atoms with E-state index in [-0.39, 0.29) is 13.0 Å². The zero-order chi connectivity index (χ0) is 38.4. The number of nitrogens with two attached hydrogens (primary N) is 1. The Balaban J connectivity index is 2.07. The molecule has 0 radical (unpaired) electrons. The summed E-state index contributed by atoms with van der Waals surface area (Å²) in [5, 5.41) is 11.0. The number of hydrogen-bond acceptors (Lipinski definition) is 9. The number of carbonyl (C=O) groups is 7. The van der Waals surface area contributed by atoms with Crippen LogP contribution in [-0.4, -0.2) is 82.6 Å². The molecular formula is C38H52N6O8. The minimum atomic E-state index is -1.67. The number of ketones is 1. The third-order valence-electron chi connectivity index (χ3n) is 8.70. The van der Waals surface area contributed by atoms with Gasteiger partial charge in [0.2, 0.25) is 23.5 Å². The molecule has 1 unspecified atom stereocenters. The maximum absolute atomic E-state index is 14.7. The average molecular weight is 721 g/mol. The van der Waals surface area contributed by atoms with Gasteiger partial charge < -0.3 is 31.7 Å². The van der Waals surface area contributed by atoms with E-state index in [9.17, 15) is 33.6 Å². The number of nitrogens with zero attached hydrogens (tertiary/aromatic N) is 1. The molecule has 6 N–H and O–H groups in total. The predicted octanol–water partition coefficient (Wildman–Crippen LogP) is 2.28. The van der Waals surface area contributed by atoms with E-state index < -0.39 is 89.9 Å². The first kappa shape index (κ1) is 41.3. The molecule has 52 heavy (non-hydrogen) atoms. The Morgan fingerprint density at radius 1 is 0.942 bits per heavy atom. The van der Waals surface area contributed by atoms with Crippen LogP contribution in [0.4, 0.5) is 4.79 Å². The van der Waals surface area contributed by atoms with Crippen molar-refractivity contribution in [3.05, 3.63) is 71.8 Å². The normalized spacial score (nSPS) is 16.4. The van der Waals surface area contributed by atoms with Gasteiger partial charge in [0.05, 0.1) is 6.04 Å². The lowest BCUT2D eigenvalue weighted by Crippen LogP contribution is -2.64. The highest BCUT2D eigenvalue weighted by atomic mass is 16.5. The lowest BCUT2D eigenvalue weighted by atomic mass is 9.94. The molecule has 1 saturated heterocycles. The number of benzene rings is 2. The van der Waals surface area contributed by atoms with Crippen molar-refractivity contribution in [1.29, 1.82) is 0 Å². The van der Waals surface area contributed by atoms with Crippen LogP contribution < -0.4 is 27.0 Å². The van der Waals surface area contributed by atoms with E-state index in [0.29, 0.717) is 35.4 Å². The number of amides is 6. The number of carbonyl (C=O) groups excluding carboxylic acids is 7. The number of rotatable bonds is 17. The van der Waals surface area contributed by atoms with E-state index in [4.69, 9.17) is 10.5 Å². The molecule has 1 aliphatic rings. The number of hydrogen-bond donors (Lipinski definition) is 5. The summed E-state index contributed by atoms with van der Waals surface area (Å²) in [5.41, 5.74) is 5.88. The van der Waals surface area contributed by atoms with Crippen LogP contribution in [0.5, 0.6) is 0 Å². The minimum absolute atomic E-state index is 0.119. The van der Waals surface area contributed by atoms with Gasteiger partial charge in [-0.2, -0.15) is 0 Å². The van der Waals surface area contributed by atoms with E-state index in [1.165, 1.54) is 0 Å². The summed E-state index contributed by atoms with van der Waals surface area (Å²) in [6.07, 6.45) is -0.278. The molecule has 1 fully saturated rings. The van der Waals surface area contributed by atoms with Gasteiger partial charge in [0.1, 0.15) is 24.7 Å². The molecule has 14 nitrogen and oxygen atoms in total. The molecule has 2 aromatic carbocycles. The van der Waals surface area contributed by atoms with Crippen molar-refractivity contribution in [3.63, 3.8) is 0 Å². The quantitative estimate of drug-likeness (QED) is 0.152. The Morgan fingerprint density at radius 3 is 2.10 bits per heavy atom. The van der Waals surface area contributed by atoms with Crippen LogP contribution in [0.1, 0.15) is 77.8 Å². The first-order chi connectivity index (χ1) is 24.6. The summed E-state index contributed by atoms with van der Waals surface area (Å²) >= 11 is 0. The molecule has 0 saturated carbocycles. The Kier molecular flexibility index (Phi) is 15.5. The van der Waals surface area contributed by atoms with Crippen molar-refractivity contribution in [2.24, 2.45) is 11.7 Å². The number of alkyl carbamates (subject to hydrolysis) is 1. The summed E-state index contributed by atoms with van der Waals surface area (Å²) in [6, 6.07) is 12.3. The van der Waals surface area contributed by atoms with Crippen LogP contribution in [0, 0.1) is 5.92 Å². The fraction of sp³-hybridized carbons (Fsp3) is 0.500. The maximum atomic E-state index is 14.7. The third-order valence-corrected chi connectivity index (χ3v) is 8.70. The molecule has 0 bridgehead atoms. The molecule has 3 rings (SSSR count). The Bertz CT molecular complexity index is 1560. The van der Waals surface area contributed by atoms with Crippen LogP contribution in [0.3, 0.4) is 0 Å². The van der Waals surface area contributed by atoms with Gasteiger partial charge in [-0.05, 0) is 63.6 Å². The van der Waals surface area contributed by atoms with Crippen molar-refractivity contribution in [2.75, 3.05) is 6.54 Å². The molecular weight excluding hydrogens is 668 g/mol. The molecule has 0 spiro atoms. The fourth-order valence-corrected chi connectivity index (χ4v) is 5.73. The van der Waals surface area contributed by atoms with Crippen molar-refractivity contribution in [1.82, 2.24) is 26.2 Å². The highest BCUT2D eigenvalue weighted by molar-refractivity contribution is 6.41. The summed E-state index contributed by atoms with van der Waals surface area (Å²) in [7, 11) is 0. The molecule has 2 aromatic rings. The Labute approximate surface area is 305 Å². The highest BCUT2D eigenvalue weighted by Crippen LogP contribution is 2.20. The van der Waals surface area contributed by atoms with Crippen LogP contribution >= 0.6 is 0 Å². The Morgan fingerprint density at radius 2 is 1.56 bits per heavy atom. The SMILES string of the molecule is CC[C@H](C)[C@H](NC(=O)[C@@H]1CCCN1)C(=O)N(C(=O)C(=O)C(Cc1ccccc1)NC(=O)OCc1ccccc1)[C@@H](CCC(N)=O)C(=O)NC(C)(C)C. The number of ether oxygens (including phenoxy) is 1. The van der Waals surface area contributed by atoms with Gasteiger partial charge in [-0.3, -0.25) is 33.7 Å². The molecule has 1 aliphatic heterocycles. The van der Waals surface area contributed by atoms with Gasteiger partial charge in [0.15, 0.2) is 0 Å². The Hall–Kier alpha value is -5.11. The molecule has 0 aliphatic carbocycles. The monoisotopic (exact) mass is 720 g/mol. The molecule has 5 atom stereocenters. The standard InChI is InChI=1S/C38H52N6O8/c1-6-24(2)31(42-33(47)27-18-13-21-40-27)35(49)44(29(19-20-30(39)45)34(48)43-38(3,4)5)36(50)32(46)28(22-25-14-9-7-10-15-25)41-37(51)52-23-26-16-11-8-12-17-26/h7-12,14-17,24,27-29,31,40H,6,13,18-23H2,1-5H3,(H2,39,45)(H,41,51)(H,42,47)(H,43,48)/t24-,27-,28?,29-,31-/m0/s1. The number of Topliss-reactive ketones (excluding diaryl/α,β-unsaturated/α-hetero) is 1. The molecule has 6 amide bonds. The number of imide groups is 1. The number of nitrogens with one attached hydrogen (secondary N) is 4. The van der Waals surface area contributed by atoms with Gasteiger partial charge in [0.25, 0.3) is 11.8 Å². The van der Waals surface area contributed by atoms with Gasteiger partial charge in [-0.15, -0.1) is 0 Å². The lowest BCUT2D eigenvalue weighted by molar-refractivity contribution is -0.159. The maximum Gasteiger partial charge on any atom is 0.408 e. The lowest BCUT2D eigenvalue weighted by Gasteiger charge is -2.36. The molecule has 282 valence electrons. The van der Waals surface area contributed by atoms with E-state index >= 15 is 0 Å². The number of primary amides is 1. The average Bonchev–Trinajstić information content (AvgIpc) is 3.65. The molecule has 14 heteroatoms. The first-order valence-electron chi connectivity index (χ1n) is 17.7. The van der Waals surface area contributed by atoms with Gasteiger partial charge in [0, 0.05) is 18.4 Å². The summed E-state index contributed by atoms with van der Waals surface area (Å²) in [6.45, 7) is 9.05. The summed E-state index contributed by atoms with van der Waals surface area (Å²) < 4.78 is 5.35. The zero-order valence-corrected chi connectivity index (χ0v) is 30.6. The first-order valence-corrected chi connectivity index (χ1v) is 17.7. The van der Waals surface area contributed by atoms with Crippen molar-refractivity contribution < 1.29 is 38.3 Å². The third kappa shape index (κ3) is 12.6. The largest absolute Gasteiger partial charge is 0.445 e. The smallest absolute Gasteiger partial charge is 0.408 e. The minimum Gasteiger partial charge on any atom is -0.445 e. The van der Waals surface area contributed by atoms with Crippen molar-refractivity contribution >= 4 is 41.4 Å². The second kappa shape index (κ2) is 19.5.